The van der Waals surface area contributed by atoms with E-state index in [1.807, 2.05) is 19.1 Å². The topological polar surface area (TPSA) is 75.7 Å². The molecule has 1 aliphatic rings. The highest BCUT2D eigenvalue weighted by Crippen LogP contribution is 2.22. The van der Waals surface area contributed by atoms with E-state index >= 15 is 0 Å². The molecule has 2 aromatic carbocycles. The number of anilines is 1. The monoisotopic (exact) mass is 378 g/mol. The maximum absolute atomic E-state index is 13.3. The zero-order valence-electron chi connectivity index (χ0n) is 14.2. The highest BCUT2D eigenvalue weighted by molar-refractivity contribution is 7.88. The summed E-state index contributed by atoms with van der Waals surface area (Å²) in [4.78, 5) is 13.2. The number of aryl methyl sites for hydroxylation is 1. The van der Waals surface area contributed by atoms with E-state index in [0.717, 1.165) is 5.56 Å². The van der Waals surface area contributed by atoms with Gasteiger partial charge in [0.15, 0.2) is 0 Å². The maximum atomic E-state index is 13.3. The molecule has 3 rings (SSSR count). The van der Waals surface area contributed by atoms with Crippen LogP contribution in [0.3, 0.4) is 0 Å². The second-order valence-electron chi connectivity index (χ2n) is 6.13. The minimum atomic E-state index is -3.57. The molecule has 26 heavy (non-hydrogen) atoms. The third-order valence-corrected chi connectivity index (χ3v) is 5.43. The van der Waals surface area contributed by atoms with Crippen molar-refractivity contribution in [1.29, 1.82) is 0 Å². The van der Waals surface area contributed by atoms with E-state index in [1.165, 1.54) is 23.1 Å². The summed E-state index contributed by atoms with van der Waals surface area (Å²) in [6.45, 7) is 1.96. The number of carbonyl (C=O) groups excluding carboxylic acids is 1. The van der Waals surface area contributed by atoms with Gasteiger partial charge in [-0.15, -0.1) is 0 Å². The van der Waals surface area contributed by atoms with Crippen molar-refractivity contribution >= 4 is 21.8 Å². The van der Waals surface area contributed by atoms with Gasteiger partial charge in [0.25, 0.3) is 0 Å². The first kappa shape index (κ1) is 18.3. The van der Waals surface area contributed by atoms with Crippen LogP contribution in [0, 0.1) is 12.7 Å². The Morgan fingerprint density at radius 1 is 1.23 bits per heavy atom. The van der Waals surface area contributed by atoms with Crippen molar-refractivity contribution in [2.45, 2.75) is 18.8 Å². The molecule has 0 aromatic heterocycles. The lowest BCUT2D eigenvalue weighted by Gasteiger charge is -2.13. The fourth-order valence-corrected chi connectivity index (χ4v) is 4.01. The second kappa shape index (κ2) is 7.43. The van der Waals surface area contributed by atoms with E-state index in [4.69, 9.17) is 4.74 Å². The Bertz CT molecular complexity index is 917. The van der Waals surface area contributed by atoms with Crippen LogP contribution in [0.5, 0.6) is 0 Å². The summed E-state index contributed by atoms with van der Waals surface area (Å²) in [5.41, 5.74) is 1.98. The van der Waals surface area contributed by atoms with Crippen molar-refractivity contribution in [2.75, 3.05) is 18.0 Å². The van der Waals surface area contributed by atoms with Gasteiger partial charge in [0.2, 0.25) is 10.0 Å². The summed E-state index contributed by atoms with van der Waals surface area (Å²) in [5, 5.41) is 0. The quantitative estimate of drug-likeness (QED) is 0.838. The Balaban J connectivity index is 1.60. The lowest BCUT2D eigenvalue weighted by Crippen LogP contribution is -2.35. The molecule has 0 spiro atoms. The minimum Gasteiger partial charge on any atom is -0.443 e. The van der Waals surface area contributed by atoms with Crippen molar-refractivity contribution in [3.05, 3.63) is 65.5 Å². The maximum Gasteiger partial charge on any atom is 0.414 e. The Morgan fingerprint density at radius 3 is 2.73 bits per heavy atom. The van der Waals surface area contributed by atoms with Crippen molar-refractivity contribution in [2.24, 2.45) is 0 Å². The van der Waals surface area contributed by atoms with E-state index in [9.17, 15) is 17.6 Å². The summed E-state index contributed by atoms with van der Waals surface area (Å²) in [6, 6.07) is 12.8. The lowest BCUT2D eigenvalue weighted by molar-refractivity contribution is 0.143. The van der Waals surface area contributed by atoms with Crippen LogP contribution in [0.1, 0.15) is 11.1 Å². The molecule has 0 radical (unpaired) electrons. The van der Waals surface area contributed by atoms with Crippen LogP contribution in [0.4, 0.5) is 14.9 Å². The van der Waals surface area contributed by atoms with Crippen LogP contribution in [0.15, 0.2) is 48.5 Å². The van der Waals surface area contributed by atoms with Crippen LogP contribution in [-0.2, 0) is 20.5 Å². The molecule has 0 saturated carbocycles. The van der Waals surface area contributed by atoms with Gasteiger partial charge in [-0.25, -0.2) is 22.3 Å². The first-order valence-electron chi connectivity index (χ1n) is 8.09. The molecule has 1 fully saturated rings. The average Bonchev–Trinajstić information content (AvgIpc) is 2.96. The molecule has 1 atom stereocenters. The molecule has 1 aliphatic heterocycles. The highest BCUT2D eigenvalue weighted by atomic mass is 32.2. The number of cyclic esters (lactones) is 1. The van der Waals surface area contributed by atoms with Gasteiger partial charge in [0, 0.05) is 6.54 Å². The number of hydrogen-bond acceptors (Lipinski definition) is 4. The normalized spacial score (nSPS) is 17.4. The summed E-state index contributed by atoms with van der Waals surface area (Å²) >= 11 is 0. The summed E-state index contributed by atoms with van der Waals surface area (Å²) < 4.78 is 45.5. The van der Waals surface area contributed by atoms with Gasteiger partial charge in [-0.2, -0.15) is 0 Å². The number of sulfonamides is 1. The Labute approximate surface area is 151 Å². The van der Waals surface area contributed by atoms with Crippen molar-refractivity contribution < 1.29 is 22.3 Å². The van der Waals surface area contributed by atoms with Gasteiger partial charge in [-0.05, 0) is 36.2 Å². The Kier molecular flexibility index (Phi) is 5.24. The molecule has 1 saturated heterocycles. The second-order valence-corrected chi connectivity index (χ2v) is 7.94. The zero-order chi connectivity index (χ0) is 18.7. The number of benzene rings is 2. The van der Waals surface area contributed by atoms with Gasteiger partial charge in [0.1, 0.15) is 11.9 Å². The molecule has 1 unspecified atom stereocenters. The standard InChI is InChI=1S/C18H19FN2O4S/c1-13-5-2-3-6-14(13)12-26(23,24)20-10-17-11-21(18(22)25-17)16-8-4-7-15(19)9-16/h2-9,17,20H,10-12H2,1H3. The molecule has 0 aliphatic carbocycles. The van der Waals surface area contributed by atoms with Crippen molar-refractivity contribution in [3.63, 3.8) is 0 Å². The molecule has 6 nitrogen and oxygen atoms in total. The third-order valence-electron chi connectivity index (χ3n) is 4.13. The lowest BCUT2D eigenvalue weighted by atomic mass is 10.1. The van der Waals surface area contributed by atoms with Crippen LogP contribution < -0.4 is 9.62 Å². The molecular weight excluding hydrogens is 359 g/mol. The Hall–Kier alpha value is -2.45. The first-order valence-corrected chi connectivity index (χ1v) is 9.75. The molecular formula is C18H19FN2O4S. The van der Waals surface area contributed by atoms with Gasteiger partial charge in [0.05, 0.1) is 18.0 Å². The fraction of sp³-hybridized carbons (Fsp3) is 0.278. The number of carbonyl (C=O) groups is 1. The average molecular weight is 378 g/mol. The van der Waals surface area contributed by atoms with Gasteiger partial charge < -0.3 is 4.74 Å². The van der Waals surface area contributed by atoms with E-state index in [1.54, 1.807) is 18.2 Å². The highest BCUT2D eigenvalue weighted by Gasteiger charge is 2.33. The number of rotatable bonds is 6. The van der Waals surface area contributed by atoms with Gasteiger partial charge in [-0.1, -0.05) is 30.3 Å². The number of nitrogens with one attached hydrogen (secondary N) is 1. The molecule has 1 N–H and O–H groups in total. The SMILES string of the molecule is Cc1ccccc1CS(=O)(=O)NCC1CN(c2cccc(F)c2)C(=O)O1. The summed E-state index contributed by atoms with van der Waals surface area (Å²) in [7, 11) is -3.57. The van der Waals surface area contributed by atoms with Crippen LogP contribution in [0.2, 0.25) is 0 Å². The minimum absolute atomic E-state index is 0.0359. The number of hydrogen-bond donors (Lipinski definition) is 1. The van der Waals surface area contributed by atoms with Crippen LogP contribution in [-0.4, -0.2) is 33.7 Å². The van der Waals surface area contributed by atoms with Crippen LogP contribution >= 0.6 is 0 Å². The van der Waals surface area contributed by atoms with E-state index in [0.29, 0.717) is 11.3 Å². The largest absolute Gasteiger partial charge is 0.443 e. The first-order chi connectivity index (χ1) is 12.3. The fourth-order valence-electron chi connectivity index (χ4n) is 2.73. The van der Waals surface area contributed by atoms with E-state index in [2.05, 4.69) is 4.72 Å². The predicted octanol–water partition coefficient (Wildman–Crippen LogP) is 2.58. The number of amides is 1. The smallest absolute Gasteiger partial charge is 0.414 e. The van der Waals surface area contributed by atoms with Crippen molar-refractivity contribution in [3.8, 4) is 0 Å². The number of halogens is 1. The van der Waals surface area contributed by atoms with E-state index in [-0.39, 0.29) is 18.8 Å². The van der Waals surface area contributed by atoms with Gasteiger partial charge >= 0.3 is 6.09 Å². The predicted molar refractivity (Wildman–Crippen MR) is 95.8 cm³/mol. The third kappa shape index (κ3) is 4.39. The van der Waals surface area contributed by atoms with Crippen LogP contribution in [0.25, 0.3) is 0 Å². The van der Waals surface area contributed by atoms with E-state index < -0.39 is 28.0 Å². The molecule has 8 heteroatoms. The molecule has 2 aromatic rings. The Morgan fingerprint density at radius 2 is 2.00 bits per heavy atom. The summed E-state index contributed by atoms with van der Waals surface area (Å²) in [5.74, 6) is -0.605. The molecule has 138 valence electrons. The summed E-state index contributed by atoms with van der Waals surface area (Å²) in [6.07, 6.45) is -1.27. The number of ether oxygens (including phenoxy) is 1. The van der Waals surface area contributed by atoms with Gasteiger partial charge in [-0.3, -0.25) is 4.90 Å². The van der Waals surface area contributed by atoms with Crippen molar-refractivity contribution in [1.82, 2.24) is 4.72 Å². The zero-order valence-corrected chi connectivity index (χ0v) is 15.0. The number of nitrogens with zero attached hydrogens (tertiary/aromatic N) is 1. The molecule has 0 bridgehead atoms. The molecule has 1 heterocycles. The molecule has 1 amide bonds.